The molecule has 2 unspecified atom stereocenters. The third-order valence-corrected chi connectivity index (χ3v) is 8.13. The van der Waals surface area contributed by atoms with Gasteiger partial charge in [-0.05, 0) is 42.4 Å². The van der Waals surface area contributed by atoms with E-state index in [1.54, 1.807) is 36.8 Å². The van der Waals surface area contributed by atoms with E-state index >= 15 is 0 Å². The van der Waals surface area contributed by atoms with Crippen LogP contribution in [0.15, 0.2) is 47.9 Å². The van der Waals surface area contributed by atoms with Gasteiger partial charge in [0.25, 0.3) is 0 Å². The number of hydrogen-bond donors (Lipinski definition) is 1. The first-order valence-corrected chi connectivity index (χ1v) is 12.1. The first-order valence-electron chi connectivity index (χ1n) is 10.6. The van der Waals surface area contributed by atoms with Crippen LogP contribution in [-0.4, -0.2) is 37.6 Å². The highest BCUT2D eigenvalue weighted by atomic mass is 32.2. The molecular formula is C22H29N3O4S. The second-order valence-corrected chi connectivity index (χ2v) is 10.2. The number of ether oxygens (including phenoxy) is 1. The van der Waals surface area contributed by atoms with E-state index in [1.165, 1.54) is 32.8 Å². The maximum absolute atomic E-state index is 12.7. The minimum atomic E-state index is -3.59. The zero-order chi connectivity index (χ0) is 21.2. The Kier molecular flexibility index (Phi) is 5.97. The van der Waals surface area contributed by atoms with E-state index < -0.39 is 15.4 Å². The number of esters is 1. The first kappa shape index (κ1) is 21.1. The van der Waals surface area contributed by atoms with Crippen LogP contribution in [0.2, 0.25) is 0 Å². The summed E-state index contributed by atoms with van der Waals surface area (Å²) in [6.07, 6.45) is 11.5. The molecule has 0 aliphatic heterocycles. The normalized spacial score (nSPS) is 24.1. The number of hydrogen-bond acceptors (Lipinski definition) is 5. The SMILES string of the molecule is COC(=O)C1(c2ccc(S(=O)(=O)NCCCn3ccnc3)cc2)CC1C1CCCC1. The lowest BCUT2D eigenvalue weighted by Gasteiger charge is -2.19. The average molecular weight is 432 g/mol. The number of nitrogens with zero attached hydrogens (tertiary/aromatic N) is 2. The molecule has 0 bridgehead atoms. The van der Waals surface area contributed by atoms with Crippen LogP contribution in [-0.2, 0) is 31.5 Å². The molecule has 0 amide bonds. The second kappa shape index (κ2) is 8.51. The van der Waals surface area contributed by atoms with Gasteiger partial charge in [0.15, 0.2) is 0 Å². The molecule has 0 saturated heterocycles. The van der Waals surface area contributed by atoms with Crippen LogP contribution in [0.25, 0.3) is 0 Å². The number of aryl methyl sites for hydroxylation is 1. The van der Waals surface area contributed by atoms with Gasteiger partial charge in [0.05, 0.1) is 23.7 Å². The van der Waals surface area contributed by atoms with Gasteiger partial charge in [-0.15, -0.1) is 0 Å². The van der Waals surface area contributed by atoms with Crippen molar-refractivity contribution in [3.63, 3.8) is 0 Å². The Hall–Kier alpha value is -2.19. The molecule has 7 nitrogen and oxygen atoms in total. The molecule has 30 heavy (non-hydrogen) atoms. The molecule has 0 radical (unpaired) electrons. The Morgan fingerprint density at radius 2 is 2.00 bits per heavy atom. The summed E-state index contributed by atoms with van der Waals surface area (Å²) in [4.78, 5) is 16.8. The summed E-state index contributed by atoms with van der Waals surface area (Å²) in [6, 6.07) is 6.77. The Morgan fingerprint density at radius 1 is 1.27 bits per heavy atom. The zero-order valence-electron chi connectivity index (χ0n) is 17.3. The number of carbonyl (C=O) groups excluding carboxylic acids is 1. The van der Waals surface area contributed by atoms with Crippen molar-refractivity contribution >= 4 is 16.0 Å². The van der Waals surface area contributed by atoms with Crippen LogP contribution in [0.3, 0.4) is 0 Å². The topological polar surface area (TPSA) is 90.3 Å². The number of nitrogens with one attached hydrogen (secondary N) is 1. The van der Waals surface area contributed by atoms with E-state index in [4.69, 9.17) is 4.74 Å². The van der Waals surface area contributed by atoms with Crippen LogP contribution in [0, 0.1) is 11.8 Å². The lowest BCUT2D eigenvalue weighted by Crippen LogP contribution is -2.27. The summed E-state index contributed by atoms with van der Waals surface area (Å²) in [5.74, 6) is 0.661. The van der Waals surface area contributed by atoms with Gasteiger partial charge >= 0.3 is 5.97 Å². The predicted molar refractivity (Wildman–Crippen MR) is 112 cm³/mol. The Labute approximate surface area is 177 Å². The van der Waals surface area contributed by atoms with Crippen molar-refractivity contribution in [1.29, 1.82) is 0 Å². The molecule has 8 heteroatoms. The number of carbonyl (C=O) groups is 1. The Bertz CT molecular complexity index is 966. The summed E-state index contributed by atoms with van der Waals surface area (Å²) in [5.41, 5.74) is 0.259. The number of benzene rings is 1. The average Bonchev–Trinajstić information content (AvgIpc) is 3.12. The van der Waals surface area contributed by atoms with Crippen molar-refractivity contribution in [2.75, 3.05) is 13.7 Å². The molecule has 2 atom stereocenters. The lowest BCUT2D eigenvalue weighted by molar-refractivity contribution is -0.144. The fraction of sp³-hybridized carbons (Fsp3) is 0.545. The maximum atomic E-state index is 12.7. The van der Waals surface area contributed by atoms with Gasteiger partial charge in [0.1, 0.15) is 0 Å². The molecule has 1 aromatic carbocycles. The Balaban J connectivity index is 1.42. The van der Waals surface area contributed by atoms with Crippen LogP contribution < -0.4 is 4.72 Å². The number of methoxy groups -OCH3 is 1. The van der Waals surface area contributed by atoms with E-state index in [-0.39, 0.29) is 10.9 Å². The van der Waals surface area contributed by atoms with Gasteiger partial charge in [-0.3, -0.25) is 4.79 Å². The van der Waals surface area contributed by atoms with E-state index in [0.29, 0.717) is 31.3 Å². The molecule has 2 fully saturated rings. The summed E-state index contributed by atoms with van der Waals surface area (Å²) in [5, 5.41) is 0. The smallest absolute Gasteiger partial charge is 0.316 e. The molecular weight excluding hydrogens is 402 g/mol. The number of imidazole rings is 1. The third-order valence-electron chi connectivity index (χ3n) is 6.66. The predicted octanol–water partition coefficient (Wildman–Crippen LogP) is 2.87. The molecule has 2 aliphatic rings. The van der Waals surface area contributed by atoms with Crippen LogP contribution in [0.4, 0.5) is 0 Å². The van der Waals surface area contributed by atoms with E-state index in [2.05, 4.69) is 9.71 Å². The first-order chi connectivity index (χ1) is 14.5. The highest BCUT2D eigenvalue weighted by molar-refractivity contribution is 7.89. The third kappa shape index (κ3) is 4.03. The molecule has 1 N–H and O–H groups in total. The monoisotopic (exact) mass is 431 g/mol. The lowest BCUT2D eigenvalue weighted by atomic mass is 9.87. The minimum absolute atomic E-state index is 0.201. The molecule has 1 heterocycles. The molecule has 2 saturated carbocycles. The summed E-state index contributed by atoms with van der Waals surface area (Å²) >= 11 is 0. The maximum Gasteiger partial charge on any atom is 0.316 e. The highest BCUT2D eigenvalue weighted by Gasteiger charge is 2.64. The number of aromatic nitrogens is 2. The quantitative estimate of drug-likeness (QED) is 0.487. The molecule has 4 rings (SSSR count). The molecule has 2 aliphatic carbocycles. The van der Waals surface area contributed by atoms with Crippen molar-refractivity contribution < 1.29 is 17.9 Å². The fourth-order valence-corrected chi connectivity index (χ4v) is 6.06. The highest BCUT2D eigenvalue weighted by Crippen LogP contribution is 2.61. The largest absolute Gasteiger partial charge is 0.468 e. The van der Waals surface area contributed by atoms with Gasteiger partial charge in [0, 0.05) is 25.5 Å². The minimum Gasteiger partial charge on any atom is -0.468 e. The zero-order valence-corrected chi connectivity index (χ0v) is 18.1. The fourth-order valence-electron chi connectivity index (χ4n) is 4.99. The van der Waals surface area contributed by atoms with Crippen LogP contribution in [0.5, 0.6) is 0 Å². The van der Waals surface area contributed by atoms with Gasteiger partial charge in [-0.2, -0.15) is 0 Å². The van der Waals surface area contributed by atoms with Gasteiger partial charge in [0.2, 0.25) is 10.0 Å². The summed E-state index contributed by atoms with van der Waals surface area (Å²) < 4.78 is 34.9. The van der Waals surface area contributed by atoms with E-state index in [0.717, 1.165) is 12.0 Å². The van der Waals surface area contributed by atoms with E-state index in [9.17, 15) is 13.2 Å². The standard InChI is InChI=1S/C22H29N3O4S/c1-29-21(26)22(15-20(22)17-5-2-3-6-17)18-7-9-19(10-8-18)30(27,28)24-11-4-13-25-14-12-23-16-25/h7-10,12,14,16-17,20,24H,2-6,11,13,15H2,1H3. The molecule has 162 valence electrons. The van der Waals surface area contributed by atoms with Crippen molar-refractivity contribution in [2.45, 2.75) is 55.4 Å². The van der Waals surface area contributed by atoms with Crippen molar-refractivity contribution in [2.24, 2.45) is 11.8 Å². The summed E-state index contributed by atoms with van der Waals surface area (Å²) in [7, 11) is -2.16. The van der Waals surface area contributed by atoms with Crippen molar-refractivity contribution in [1.82, 2.24) is 14.3 Å². The summed E-state index contributed by atoms with van der Waals surface area (Å²) in [6.45, 7) is 1.05. The second-order valence-electron chi connectivity index (χ2n) is 8.39. The molecule has 0 spiro atoms. The van der Waals surface area contributed by atoms with Gasteiger partial charge in [-0.1, -0.05) is 37.8 Å². The number of sulfonamides is 1. The van der Waals surface area contributed by atoms with Gasteiger partial charge in [-0.25, -0.2) is 18.1 Å². The Morgan fingerprint density at radius 3 is 2.63 bits per heavy atom. The van der Waals surface area contributed by atoms with E-state index in [1.807, 2.05) is 10.8 Å². The van der Waals surface area contributed by atoms with Crippen LogP contribution in [0.1, 0.15) is 44.1 Å². The molecule has 1 aromatic heterocycles. The number of rotatable bonds is 9. The van der Waals surface area contributed by atoms with Crippen LogP contribution >= 0.6 is 0 Å². The van der Waals surface area contributed by atoms with Gasteiger partial charge < -0.3 is 9.30 Å². The van der Waals surface area contributed by atoms with Crippen molar-refractivity contribution in [3.8, 4) is 0 Å². The van der Waals surface area contributed by atoms with Crippen molar-refractivity contribution in [3.05, 3.63) is 48.5 Å². The molecule has 2 aromatic rings.